The first kappa shape index (κ1) is 42.2. The predicted molar refractivity (Wildman–Crippen MR) is 197 cm³/mol. The summed E-state index contributed by atoms with van der Waals surface area (Å²) in [4.78, 5) is 45.1. The second kappa shape index (κ2) is 20.7. The fourth-order valence-corrected chi connectivity index (χ4v) is 5.33. The third-order valence-electron chi connectivity index (χ3n) is 8.26. The molecule has 2 aromatic heterocycles. The van der Waals surface area contributed by atoms with Crippen molar-refractivity contribution in [3.05, 3.63) is 76.9 Å². The number of allylic oxidation sites excluding steroid dienone is 2. The Morgan fingerprint density at radius 2 is 1.91 bits per heavy atom. The molecule has 2 aliphatic rings. The third kappa shape index (κ3) is 13.3. The highest BCUT2D eigenvalue weighted by atomic mass is 19.4. The number of halogens is 3. The molecule has 14 nitrogen and oxygen atoms in total. The zero-order chi connectivity index (χ0) is 39.0. The van der Waals surface area contributed by atoms with Gasteiger partial charge < -0.3 is 35.4 Å². The van der Waals surface area contributed by atoms with E-state index >= 15 is 0 Å². The molecule has 0 radical (unpaired) electrons. The monoisotopic (exact) mass is 743 g/mol. The van der Waals surface area contributed by atoms with Gasteiger partial charge in [0.25, 0.3) is 0 Å². The largest absolute Gasteiger partial charge is 0.506 e. The minimum absolute atomic E-state index is 0.101. The summed E-state index contributed by atoms with van der Waals surface area (Å²) in [5.41, 5.74) is 7.80. The Kier molecular flexibility index (Phi) is 16.5. The standard InChI is InChI=1S/C17H30N4O2.C11H12F3N3O2.C8H6N2O/c1-4-16(17(14-22)21-9-7-19(2)8-10-21)18-20(3)13-15-5-11-23-12-6-15;1-15-17(2)6-10(19)16-8-4-3-7(5-9(8)18)11(12,13)14;11-5-6-1-3-9-7-2-4-10-8(6)7/h5,14,18H,4,6-13H2,1-3H3;3-5,18H,1,6H2,2H3,(H,16,19);1-5,10H/b17-16+;;. The van der Waals surface area contributed by atoms with E-state index in [4.69, 9.17) is 4.74 Å². The lowest BCUT2D eigenvalue weighted by molar-refractivity contribution is -0.137. The number of fused-ring (bicyclic) bond motifs is 1. The summed E-state index contributed by atoms with van der Waals surface area (Å²) in [6, 6.07) is 5.82. The Morgan fingerprint density at radius 3 is 2.49 bits per heavy atom. The molecule has 0 spiro atoms. The van der Waals surface area contributed by atoms with Crippen molar-refractivity contribution < 1.29 is 37.4 Å². The third-order valence-corrected chi connectivity index (χ3v) is 8.26. The zero-order valence-electron chi connectivity index (χ0n) is 30.4. The number of ether oxygens (including phenoxy) is 1. The molecule has 0 aliphatic carbocycles. The van der Waals surface area contributed by atoms with Crippen LogP contribution >= 0.6 is 0 Å². The molecular weight excluding hydrogens is 695 g/mol. The highest BCUT2D eigenvalue weighted by Crippen LogP contribution is 2.34. The van der Waals surface area contributed by atoms with Crippen LogP contribution in [0.1, 0.15) is 35.7 Å². The number of aldehydes is 2. The van der Waals surface area contributed by atoms with Crippen LogP contribution in [0.2, 0.25) is 0 Å². The fraction of sp³-hybridized carbons (Fsp3) is 0.417. The van der Waals surface area contributed by atoms with E-state index in [1.807, 2.05) is 13.1 Å². The number of carbonyl (C=O) groups excluding carboxylic acids is 3. The van der Waals surface area contributed by atoms with E-state index in [2.05, 4.69) is 67.4 Å². The van der Waals surface area contributed by atoms with E-state index in [1.54, 1.807) is 18.5 Å². The zero-order valence-corrected chi connectivity index (χ0v) is 30.4. The number of aromatic amines is 1. The Morgan fingerprint density at radius 1 is 1.17 bits per heavy atom. The molecular formula is C36H48F3N9O5. The van der Waals surface area contributed by atoms with Gasteiger partial charge in [-0.1, -0.05) is 18.6 Å². The molecule has 0 unspecified atom stereocenters. The van der Waals surface area contributed by atoms with E-state index in [0.29, 0.717) is 18.2 Å². The number of nitrogens with one attached hydrogen (secondary N) is 3. The number of aromatic hydroxyl groups is 1. The van der Waals surface area contributed by atoms with Crippen LogP contribution in [-0.4, -0.2) is 134 Å². The molecule has 4 heterocycles. The van der Waals surface area contributed by atoms with Gasteiger partial charge in [0.15, 0.2) is 12.6 Å². The molecule has 1 aromatic carbocycles. The van der Waals surface area contributed by atoms with E-state index < -0.39 is 23.4 Å². The molecule has 5 rings (SSSR count). The van der Waals surface area contributed by atoms with Crippen LogP contribution in [-0.2, 0) is 20.5 Å². The highest BCUT2D eigenvalue weighted by molar-refractivity contribution is 5.94. The lowest BCUT2D eigenvalue weighted by Gasteiger charge is -2.35. The number of piperazine rings is 1. The van der Waals surface area contributed by atoms with Gasteiger partial charge in [-0.3, -0.25) is 24.4 Å². The molecule has 0 bridgehead atoms. The Bertz CT molecular complexity index is 1740. The molecule has 53 heavy (non-hydrogen) atoms. The molecule has 1 fully saturated rings. The number of carbonyl (C=O) groups is 3. The quantitative estimate of drug-likeness (QED) is 0.0529. The van der Waals surface area contributed by atoms with Crippen molar-refractivity contribution in [2.75, 3.05) is 78.9 Å². The average Bonchev–Trinajstić information content (AvgIpc) is 3.63. The molecule has 0 atom stereocenters. The van der Waals surface area contributed by atoms with Crippen LogP contribution in [0.3, 0.4) is 0 Å². The van der Waals surface area contributed by atoms with Crippen molar-refractivity contribution in [2.45, 2.75) is 25.9 Å². The lowest BCUT2D eigenvalue weighted by Crippen LogP contribution is -2.46. The Balaban J connectivity index is 0.000000226. The van der Waals surface area contributed by atoms with Crippen molar-refractivity contribution in [1.29, 1.82) is 0 Å². The first-order chi connectivity index (χ1) is 25.3. The summed E-state index contributed by atoms with van der Waals surface area (Å²) in [5.74, 6) is -1.19. The first-order valence-electron chi connectivity index (χ1n) is 16.9. The summed E-state index contributed by atoms with van der Waals surface area (Å²) in [7, 11) is 5.65. The number of pyridine rings is 1. The molecule has 3 aromatic rings. The van der Waals surface area contributed by atoms with Gasteiger partial charge in [0.2, 0.25) is 5.91 Å². The smallest absolute Gasteiger partial charge is 0.416 e. The van der Waals surface area contributed by atoms with E-state index in [-0.39, 0.29) is 12.2 Å². The maximum Gasteiger partial charge on any atom is 0.416 e. The van der Waals surface area contributed by atoms with Gasteiger partial charge in [0.1, 0.15) is 12.3 Å². The number of alkyl halides is 3. The van der Waals surface area contributed by atoms with Crippen molar-refractivity contribution in [1.82, 2.24) is 35.2 Å². The molecule has 2 aliphatic heterocycles. The number of phenolic OH excluding ortho intramolecular Hbond substituents is 1. The van der Waals surface area contributed by atoms with Crippen LogP contribution in [0.25, 0.3) is 11.0 Å². The van der Waals surface area contributed by atoms with Crippen molar-refractivity contribution in [3.63, 3.8) is 0 Å². The van der Waals surface area contributed by atoms with Gasteiger partial charge in [0.05, 0.1) is 46.9 Å². The van der Waals surface area contributed by atoms with Crippen LogP contribution in [0, 0.1) is 0 Å². The number of likely N-dealkylation sites (N-methyl/N-ethyl adjacent to an activating group) is 3. The maximum atomic E-state index is 12.4. The van der Waals surface area contributed by atoms with Crippen molar-refractivity contribution >= 4 is 41.9 Å². The van der Waals surface area contributed by atoms with Crippen LogP contribution in [0.15, 0.2) is 70.9 Å². The van der Waals surface area contributed by atoms with E-state index in [9.17, 15) is 32.7 Å². The van der Waals surface area contributed by atoms with Crippen LogP contribution in [0.4, 0.5) is 18.9 Å². The summed E-state index contributed by atoms with van der Waals surface area (Å²) < 4.78 is 42.4. The van der Waals surface area contributed by atoms with Crippen LogP contribution < -0.4 is 10.7 Å². The topological polar surface area (TPSA) is 159 Å². The lowest BCUT2D eigenvalue weighted by atomic mass is 10.1. The molecule has 1 saturated heterocycles. The van der Waals surface area contributed by atoms with Gasteiger partial charge in [-0.2, -0.15) is 18.3 Å². The highest BCUT2D eigenvalue weighted by Gasteiger charge is 2.31. The molecule has 288 valence electrons. The number of amides is 1. The van der Waals surface area contributed by atoms with Gasteiger partial charge in [-0.05, 0) is 50.2 Å². The molecule has 17 heteroatoms. The number of hydrogen-bond donors (Lipinski definition) is 4. The number of hydrogen-bond acceptors (Lipinski definition) is 12. The number of rotatable bonds is 12. The normalized spacial score (nSPS) is 15.2. The number of H-pyrrole nitrogens is 1. The number of phenols is 1. The van der Waals surface area contributed by atoms with Crippen molar-refractivity contribution in [2.24, 2.45) is 5.10 Å². The van der Waals surface area contributed by atoms with Gasteiger partial charge in [-0.15, -0.1) is 0 Å². The molecule has 4 N–H and O–H groups in total. The van der Waals surface area contributed by atoms with Gasteiger partial charge >= 0.3 is 6.18 Å². The number of nitrogens with zero attached hydrogens (tertiary/aromatic N) is 6. The molecule has 0 saturated carbocycles. The number of benzene rings is 1. The fourth-order valence-electron chi connectivity index (χ4n) is 5.33. The summed E-state index contributed by atoms with van der Waals surface area (Å²) in [6.07, 6.45) is 4.61. The predicted octanol–water partition coefficient (Wildman–Crippen LogP) is 4.11. The Hall–Kier alpha value is -5.26. The van der Waals surface area contributed by atoms with Gasteiger partial charge in [0, 0.05) is 71.5 Å². The maximum absolute atomic E-state index is 12.4. The summed E-state index contributed by atoms with van der Waals surface area (Å²) in [6.45, 7) is 11.3. The number of anilines is 1. The van der Waals surface area contributed by atoms with Crippen molar-refractivity contribution in [3.8, 4) is 5.75 Å². The first-order valence-corrected chi connectivity index (χ1v) is 16.9. The minimum atomic E-state index is -4.55. The second-order valence-corrected chi connectivity index (χ2v) is 12.3. The Labute approximate surface area is 306 Å². The number of hydrazone groups is 1. The second-order valence-electron chi connectivity index (χ2n) is 12.3. The van der Waals surface area contributed by atoms with Gasteiger partial charge in [-0.25, -0.2) is 5.01 Å². The number of hydrazine groups is 1. The number of aromatic nitrogens is 2. The summed E-state index contributed by atoms with van der Waals surface area (Å²) in [5, 5.41) is 18.4. The summed E-state index contributed by atoms with van der Waals surface area (Å²) >= 11 is 0. The van der Waals surface area contributed by atoms with E-state index in [0.717, 1.165) is 99.3 Å². The van der Waals surface area contributed by atoms with Crippen LogP contribution in [0.5, 0.6) is 5.75 Å². The average molecular weight is 744 g/mol. The SMILES string of the molecule is C=NN(C)CC(=O)Nc1ccc(C(F)(F)F)cc1O.CC/C(NN(C)CC1=CCOCC1)=C(/C=O)N1CCN(C)CC1.O=Cc1ccnc2cc[nH]c12. The van der Waals surface area contributed by atoms with E-state index in [1.165, 1.54) is 17.6 Å². The molecule has 1 amide bonds. The minimum Gasteiger partial charge on any atom is -0.506 e.